The minimum Gasteiger partial charge on any atom is -0.303 e. The molecule has 0 bridgehead atoms. The van der Waals surface area contributed by atoms with E-state index in [4.69, 9.17) is 0 Å². The molecule has 0 aliphatic heterocycles. The Hall–Kier alpha value is -2.30. The minimum absolute atomic E-state index is 0.00741. The average Bonchev–Trinajstić information content (AvgIpc) is 2.28. The number of nitro groups is 1. The van der Waals surface area contributed by atoms with Gasteiger partial charge in [0.1, 0.15) is 6.29 Å². The number of benzene rings is 1. The van der Waals surface area contributed by atoms with Crippen LogP contribution in [0, 0.1) is 10.1 Å². The van der Waals surface area contributed by atoms with Gasteiger partial charge in [-0.15, -0.1) is 0 Å². The molecule has 0 amide bonds. The fourth-order valence-corrected chi connectivity index (χ4v) is 1.67. The highest BCUT2D eigenvalue weighted by Crippen LogP contribution is 2.28. The molecule has 80 valence electrons. The molecule has 5 heteroatoms. The first-order chi connectivity index (χ1) is 7.74. The van der Waals surface area contributed by atoms with Gasteiger partial charge >= 0.3 is 0 Å². The van der Waals surface area contributed by atoms with Gasteiger partial charge in [-0.25, -0.2) is 0 Å². The number of nitrogens with zero attached hydrogens (tertiary/aromatic N) is 2. The Labute approximate surface area is 90.9 Å². The third-order valence-corrected chi connectivity index (χ3v) is 2.36. The lowest BCUT2D eigenvalue weighted by molar-refractivity contribution is -0.383. The molecule has 0 aliphatic carbocycles. The van der Waals surface area contributed by atoms with Crippen molar-refractivity contribution in [1.29, 1.82) is 0 Å². The van der Waals surface area contributed by atoms with E-state index in [0.29, 0.717) is 22.6 Å². The number of carbonyl (C=O) groups excluding carboxylic acids is 1. The van der Waals surface area contributed by atoms with E-state index in [1.807, 2.05) is 0 Å². The maximum absolute atomic E-state index is 11.0. The van der Waals surface area contributed by atoms with Crippen molar-refractivity contribution in [3.63, 3.8) is 0 Å². The van der Waals surface area contributed by atoms with Gasteiger partial charge in [-0.1, -0.05) is 12.1 Å². The Kier molecular flexibility index (Phi) is 2.59. The Morgan fingerprint density at radius 3 is 2.88 bits per heavy atom. The third-order valence-electron chi connectivity index (χ3n) is 2.36. The number of hydrogen-bond donors (Lipinski definition) is 0. The smallest absolute Gasteiger partial charge is 0.280 e. The van der Waals surface area contributed by atoms with E-state index in [1.165, 1.54) is 6.20 Å². The topological polar surface area (TPSA) is 73.1 Å². The SMILES string of the molecule is O=CCc1ccc2cnccc2c1[N+](=O)[O-]. The van der Waals surface area contributed by atoms with E-state index in [9.17, 15) is 14.9 Å². The number of rotatable bonds is 3. The van der Waals surface area contributed by atoms with Gasteiger partial charge in [-0.2, -0.15) is 0 Å². The lowest BCUT2D eigenvalue weighted by atomic mass is 10.0. The molecule has 5 nitrogen and oxygen atoms in total. The number of hydrogen-bond acceptors (Lipinski definition) is 4. The van der Waals surface area contributed by atoms with Gasteiger partial charge in [-0.3, -0.25) is 15.1 Å². The van der Waals surface area contributed by atoms with Crippen LogP contribution in [0.1, 0.15) is 5.56 Å². The molecule has 1 aromatic heterocycles. The second-order valence-electron chi connectivity index (χ2n) is 3.30. The molecular formula is C11H8N2O3. The third kappa shape index (κ3) is 1.63. The van der Waals surface area contributed by atoms with E-state index < -0.39 is 4.92 Å². The quantitative estimate of drug-likeness (QED) is 0.446. The molecular weight excluding hydrogens is 208 g/mol. The standard InChI is InChI=1S/C11H8N2O3/c14-6-4-8-1-2-9-7-12-5-3-10(9)11(8)13(15)16/h1-3,5-7H,4H2. The van der Waals surface area contributed by atoms with Crippen LogP contribution in [0.2, 0.25) is 0 Å². The number of pyridine rings is 1. The second kappa shape index (κ2) is 4.06. The number of nitro benzene ring substituents is 1. The second-order valence-corrected chi connectivity index (χ2v) is 3.30. The van der Waals surface area contributed by atoms with E-state index in [-0.39, 0.29) is 12.1 Å². The summed E-state index contributed by atoms with van der Waals surface area (Å²) in [6.45, 7) is 0. The molecule has 0 saturated carbocycles. The van der Waals surface area contributed by atoms with Gasteiger partial charge in [0, 0.05) is 29.8 Å². The van der Waals surface area contributed by atoms with Gasteiger partial charge in [0.2, 0.25) is 0 Å². The maximum atomic E-state index is 11.0. The van der Waals surface area contributed by atoms with E-state index in [1.54, 1.807) is 24.4 Å². The largest absolute Gasteiger partial charge is 0.303 e. The maximum Gasteiger partial charge on any atom is 0.280 e. The zero-order chi connectivity index (χ0) is 11.5. The van der Waals surface area contributed by atoms with Crippen LogP contribution in [0.4, 0.5) is 5.69 Å². The first-order valence-corrected chi connectivity index (χ1v) is 4.67. The van der Waals surface area contributed by atoms with Crippen molar-refractivity contribution in [3.8, 4) is 0 Å². The minimum atomic E-state index is -0.457. The zero-order valence-corrected chi connectivity index (χ0v) is 8.29. The van der Waals surface area contributed by atoms with Crippen molar-refractivity contribution in [1.82, 2.24) is 4.98 Å². The molecule has 0 radical (unpaired) electrons. The number of aromatic nitrogens is 1. The van der Waals surface area contributed by atoms with Crippen molar-refractivity contribution in [3.05, 3.63) is 46.3 Å². The summed E-state index contributed by atoms with van der Waals surface area (Å²) in [7, 11) is 0. The van der Waals surface area contributed by atoms with Crippen LogP contribution in [0.3, 0.4) is 0 Å². The molecule has 0 unspecified atom stereocenters. The van der Waals surface area contributed by atoms with Crippen LogP contribution in [-0.4, -0.2) is 16.2 Å². The fraction of sp³-hybridized carbons (Fsp3) is 0.0909. The van der Waals surface area contributed by atoms with Crippen molar-refractivity contribution in [2.24, 2.45) is 0 Å². The van der Waals surface area contributed by atoms with Gasteiger partial charge in [0.05, 0.1) is 10.3 Å². The summed E-state index contributed by atoms with van der Waals surface area (Å²) in [6.07, 6.45) is 3.77. The van der Waals surface area contributed by atoms with Gasteiger partial charge in [-0.05, 0) is 6.07 Å². The van der Waals surface area contributed by atoms with Crippen LogP contribution < -0.4 is 0 Å². The molecule has 0 atom stereocenters. The summed E-state index contributed by atoms with van der Waals surface area (Å²) >= 11 is 0. The van der Waals surface area contributed by atoms with Crippen LogP contribution in [-0.2, 0) is 11.2 Å². The van der Waals surface area contributed by atoms with Crippen LogP contribution in [0.25, 0.3) is 10.8 Å². The molecule has 0 aliphatic rings. The van der Waals surface area contributed by atoms with Crippen molar-refractivity contribution in [2.75, 3.05) is 0 Å². The molecule has 0 spiro atoms. The predicted octanol–water partition coefficient (Wildman–Crippen LogP) is 1.88. The van der Waals surface area contributed by atoms with Crippen molar-refractivity contribution in [2.45, 2.75) is 6.42 Å². The van der Waals surface area contributed by atoms with Crippen molar-refractivity contribution >= 4 is 22.7 Å². The van der Waals surface area contributed by atoms with E-state index in [2.05, 4.69) is 4.98 Å². The van der Waals surface area contributed by atoms with Crippen molar-refractivity contribution < 1.29 is 9.72 Å². The van der Waals surface area contributed by atoms with E-state index >= 15 is 0 Å². The van der Waals surface area contributed by atoms with Crippen LogP contribution >= 0.6 is 0 Å². The van der Waals surface area contributed by atoms with Crippen LogP contribution in [0.5, 0.6) is 0 Å². The molecule has 1 heterocycles. The number of fused-ring (bicyclic) bond motifs is 1. The Morgan fingerprint density at radius 1 is 1.38 bits per heavy atom. The summed E-state index contributed by atoms with van der Waals surface area (Å²) < 4.78 is 0. The zero-order valence-electron chi connectivity index (χ0n) is 8.29. The summed E-state index contributed by atoms with van der Waals surface area (Å²) in [5.74, 6) is 0. The summed E-state index contributed by atoms with van der Waals surface area (Å²) in [6, 6.07) is 4.91. The summed E-state index contributed by atoms with van der Waals surface area (Å²) in [5.41, 5.74) is 0.422. The Balaban J connectivity index is 2.78. The molecule has 0 N–H and O–H groups in total. The molecule has 1 aromatic carbocycles. The van der Waals surface area contributed by atoms with Gasteiger partial charge in [0.15, 0.2) is 0 Å². The lowest BCUT2D eigenvalue weighted by Gasteiger charge is -2.02. The fourth-order valence-electron chi connectivity index (χ4n) is 1.67. The number of carbonyl (C=O) groups is 1. The van der Waals surface area contributed by atoms with E-state index in [0.717, 1.165) is 0 Å². The first-order valence-electron chi connectivity index (χ1n) is 4.67. The summed E-state index contributed by atoms with van der Waals surface area (Å²) in [5, 5.41) is 12.2. The van der Waals surface area contributed by atoms with Crippen LogP contribution in [0.15, 0.2) is 30.6 Å². The molecule has 0 fully saturated rings. The lowest BCUT2D eigenvalue weighted by Crippen LogP contribution is -1.97. The Bertz CT molecular complexity index is 566. The normalized spacial score (nSPS) is 10.2. The summed E-state index contributed by atoms with van der Waals surface area (Å²) in [4.78, 5) is 24.9. The molecule has 2 aromatic rings. The predicted molar refractivity (Wildman–Crippen MR) is 58.2 cm³/mol. The number of aldehydes is 1. The highest BCUT2D eigenvalue weighted by molar-refractivity contribution is 5.92. The Morgan fingerprint density at radius 2 is 2.19 bits per heavy atom. The monoisotopic (exact) mass is 216 g/mol. The first kappa shape index (κ1) is 10.2. The molecule has 0 saturated heterocycles. The highest BCUT2D eigenvalue weighted by Gasteiger charge is 2.17. The van der Waals surface area contributed by atoms with Gasteiger partial charge in [0.25, 0.3) is 5.69 Å². The average molecular weight is 216 g/mol. The molecule has 2 rings (SSSR count). The highest BCUT2D eigenvalue weighted by atomic mass is 16.6. The van der Waals surface area contributed by atoms with Gasteiger partial charge < -0.3 is 4.79 Å². The molecule has 16 heavy (non-hydrogen) atoms.